The summed E-state index contributed by atoms with van der Waals surface area (Å²) in [6, 6.07) is 6.81. The fourth-order valence-corrected chi connectivity index (χ4v) is 1.64. The SMILES string of the molecule is C=CN(C=C)c1ccccc1S(=O)O. The molecule has 0 amide bonds. The second-order valence-electron chi connectivity index (χ2n) is 2.49. The van der Waals surface area contributed by atoms with Crippen molar-refractivity contribution < 1.29 is 8.76 Å². The highest BCUT2D eigenvalue weighted by Gasteiger charge is 2.09. The zero-order chi connectivity index (χ0) is 10.6. The average Bonchev–Trinajstić information content (AvgIpc) is 2.20. The molecule has 14 heavy (non-hydrogen) atoms. The van der Waals surface area contributed by atoms with Crippen molar-refractivity contribution in [3.05, 3.63) is 49.8 Å². The summed E-state index contributed by atoms with van der Waals surface area (Å²) in [5.41, 5.74) is 0.610. The van der Waals surface area contributed by atoms with E-state index in [4.69, 9.17) is 4.55 Å². The lowest BCUT2D eigenvalue weighted by Crippen LogP contribution is -2.08. The normalized spacial score (nSPS) is 11.8. The quantitative estimate of drug-likeness (QED) is 0.774. The first kappa shape index (κ1) is 10.7. The Morgan fingerprint density at radius 1 is 1.29 bits per heavy atom. The molecule has 0 aliphatic carbocycles. The molecule has 1 N–H and O–H groups in total. The molecule has 0 spiro atoms. The van der Waals surface area contributed by atoms with Gasteiger partial charge in [-0.25, -0.2) is 4.21 Å². The fourth-order valence-electron chi connectivity index (χ4n) is 1.09. The monoisotopic (exact) mass is 209 g/mol. The van der Waals surface area contributed by atoms with Gasteiger partial charge in [0.05, 0.1) is 10.6 Å². The lowest BCUT2D eigenvalue weighted by molar-refractivity contribution is 0.564. The summed E-state index contributed by atoms with van der Waals surface area (Å²) in [5.74, 6) is 0. The summed E-state index contributed by atoms with van der Waals surface area (Å²) >= 11 is -2.00. The van der Waals surface area contributed by atoms with Gasteiger partial charge < -0.3 is 9.45 Å². The number of benzene rings is 1. The van der Waals surface area contributed by atoms with Gasteiger partial charge in [-0.1, -0.05) is 25.3 Å². The number of para-hydroxylation sites is 1. The molecule has 0 saturated heterocycles. The second kappa shape index (κ2) is 4.74. The predicted molar refractivity (Wildman–Crippen MR) is 58.4 cm³/mol. The molecule has 1 rings (SSSR count). The minimum atomic E-state index is -2.00. The maximum absolute atomic E-state index is 11.0. The maximum Gasteiger partial charge on any atom is 0.188 e. The van der Waals surface area contributed by atoms with Gasteiger partial charge in [-0.3, -0.25) is 0 Å². The van der Waals surface area contributed by atoms with Crippen LogP contribution in [0.25, 0.3) is 0 Å². The molecule has 1 aromatic rings. The summed E-state index contributed by atoms with van der Waals surface area (Å²) in [5, 5.41) is 0. The first-order chi connectivity index (χ1) is 6.70. The molecular formula is C10H11NO2S. The van der Waals surface area contributed by atoms with E-state index in [1.54, 1.807) is 29.2 Å². The standard InChI is InChI=1S/C10H11NO2S/c1-3-11(4-2)9-7-5-6-8-10(9)14(12)13/h3-8H,1-2H2,(H,12,13). The van der Waals surface area contributed by atoms with Crippen LogP contribution in [0, 0.1) is 0 Å². The highest BCUT2D eigenvalue weighted by molar-refractivity contribution is 7.79. The van der Waals surface area contributed by atoms with Gasteiger partial charge in [-0.2, -0.15) is 0 Å². The molecule has 1 unspecified atom stereocenters. The van der Waals surface area contributed by atoms with E-state index in [-0.39, 0.29) is 0 Å². The predicted octanol–water partition coefficient (Wildman–Crippen LogP) is 2.36. The molecule has 0 bridgehead atoms. The molecule has 0 saturated carbocycles. The molecule has 0 aliphatic rings. The summed E-state index contributed by atoms with van der Waals surface area (Å²) in [4.78, 5) is 1.93. The Bertz CT molecular complexity index is 368. The fraction of sp³-hybridized carbons (Fsp3) is 0. The number of hydrogen-bond donors (Lipinski definition) is 1. The van der Waals surface area contributed by atoms with Crippen molar-refractivity contribution >= 4 is 16.8 Å². The third-order valence-electron chi connectivity index (χ3n) is 1.72. The minimum absolute atomic E-state index is 0.340. The van der Waals surface area contributed by atoms with E-state index >= 15 is 0 Å². The van der Waals surface area contributed by atoms with Crippen LogP contribution >= 0.6 is 0 Å². The zero-order valence-corrected chi connectivity index (χ0v) is 8.41. The third kappa shape index (κ3) is 2.10. The number of anilines is 1. The van der Waals surface area contributed by atoms with Gasteiger partial charge in [0.2, 0.25) is 0 Å². The largest absolute Gasteiger partial charge is 0.324 e. The Morgan fingerprint density at radius 3 is 2.36 bits per heavy atom. The van der Waals surface area contributed by atoms with Gasteiger partial charge in [0.1, 0.15) is 0 Å². The number of hydrogen-bond acceptors (Lipinski definition) is 2. The molecule has 0 aliphatic heterocycles. The topological polar surface area (TPSA) is 40.5 Å². The molecule has 0 fully saturated rings. The maximum atomic E-state index is 11.0. The molecule has 74 valence electrons. The van der Waals surface area contributed by atoms with Gasteiger partial charge in [-0.05, 0) is 12.1 Å². The van der Waals surface area contributed by atoms with E-state index in [0.29, 0.717) is 10.6 Å². The number of rotatable bonds is 4. The van der Waals surface area contributed by atoms with E-state index in [1.807, 2.05) is 0 Å². The highest BCUT2D eigenvalue weighted by Crippen LogP contribution is 2.23. The minimum Gasteiger partial charge on any atom is -0.324 e. The van der Waals surface area contributed by atoms with Gasteiger partial charge in [-0.15, -0.1) is 0 Å². The highest BCUT2D eigenvalue weighted by atomic mass is 32.2. The van der Waals surface area contributed by atoms with Crippen LogP contribution in [0.15, 0.2) is 54.7 Å². The molecule has 3 nitrogen and oxygen atoms in total. The van der Waals surface area contributed by atoms with E-state index in [2.05, 4.69) is 13.2 Å². The molecule has 0 heterocycles. The Balaban J connectivity index is 3.24. The first-order valence-electron chi connectivity index (χ1n) is 3.94. The van der Waals surface area contributed by atoms with Crippen LogP contribution in [-0.2, 0) is 11.1 Å². The summed E-state index contributed by atoms with van der Waals surface area (Å²) < 4.78 is 20.0. The summed E-state index contributed by atoms with van der Waals surface area (Å²) in [7, 11) is 0. The molecule has 1 aromatic carbocycles. The van der Waals surface area contributed by atoms with Crippen LogP contribution < -0.4 is 4.90 Å². The van der Waals surface area contributed by atoms with Gasteiger partial charge >= 0.3 is 0 Å². The lowest BCUT2D eigenvalue weighted by atomic mass is 10.3. The molecule has 4 heteroatoms. The smallest absolute Gasteiger partial charge is 0.188 e. The van der Waals surface area contributed by atoms with Crippen LogP contribution in [0.1, 0.15) is 0 Å². The van der Waals surface area contributed by atoms with Crippen molar-refractivity contribution in [2.45, 2.75) is 4.90 Å². The van der Waals surface area contributed by atoms with Gasteiger partial charge in [0.15, 0.2) is 11.1 Å². The molecule has 0 radical (unpaired) electrons. The van der Waals surface area contributed by atoms with Crippen molar-refractivity contribution in [1.29, 1.82) is 0 Å². The first-order valence-corrected chi connectivity index (χ1v) is 5.04. The summed E-state index contributed by atoms with van der Waals surface area (Å²) in [6.45, 7) is 7.17. The Kier molecular flexibility index (Phi) is 3.62. The Morgan fingerprint density at radius 2 is 1.86 bits per heavy atom. The number of nitrogens with zero attached hydrogens (tertiary/aromatic N) is 1. The van der Waals surface area contributed by atoms with Crippen molar-refractivity contribution in [2.75, 3.05) is 4.90 Å². The van der Waals surface area contributed by atoms with E-state index in [0.717, 1.165) is 0 Å². The Hall–Kier alpha value is -1.39. The molecular weight excluding hydrogens is 198 g/mol. The summed E-state index contributed by atoms with van der Waals surface area (Å²) in [6.07, 6.45) is 3.05. The lowest BCUT2D eigenvalue weighted by Gasteiger charge is -2.16. The van der Waals surface area contributed by atoms with Crippen LogP contribution in [0.4, 0.5) is 5.69 Å². The van der Waals surface area contributed by atoms with Crippen molar-refractivity contribution in [3.8, 4) is 0 Å². The molecule has 1 atom stereocenters. The van der Waals surface area contributed by atoms with Crippen LogP contribution in [0.3, 0.4) is 0 Å². The van der Waals surface area contributed by atoms with E-state index in [9.17, 15) is 4.21 Å². The van der Waals surface area contributed by atoms with E-state index < -0.39 is 11.1 Å². The third-order valence-corrected chi connectivity index (χ3v) is 2.45. The molecule has 0 aromatic heterocycles. The second-order valence-corrected chi connectivity index (χ2v) is 3.43. The van der Waals surface area contributed by atoms with Gasteiger partial charge in [0, 0.05) is 12.4 Å². The van der Waals surface area contributed by atoms with Crippen LogP contribution in [-0.4, -0.2) is 8.76 Å². The van der Waals surface area contributed by atoms with Crippen LogP contribution in [0.5, 0.6) is 0 Å². The van der Waals surface area contributed by atoms with Crippen LogP contribution in [0.2, 0.25) is 0 Å². The average molecular weight is 209 g/mol. The zero-order valence-electron chi connectivity index (χ0n) is 7.59. The van der Waals surface area contributed by atoms with Crippen molar-refractivity contribution in [1.82, 2.24) is 0 Å². The van der Waals surface area contributed by atoms with Crippen molar-refractivity contribution in [2.24, 2.45) is 0 Å². The van der Waals surface area contributed by atoms with Crippen molar-refractivity contribution in [3.63, 3.8) is 0 Å². The van der Waals surface area contributed by atoms with E-state index in [1.165, 1.54) is 12.4 Å². The Labute approximate surface area is 85.6 Å². The van der Waals surface area contributed by atoms with Gasteiger partial charge in [0.25, 0.3) is 0 Å².